The van der Waals surface area contributed by atoms with Crippen LogP contribution >= 0.6 is 0 Å². The van der Waals surface area contributed by atoms with Crippen molar-refractivity contribution in [2.75, 3.05) is 6.61 Å². The molecule has 0 unspecified atom stereocenters. The van der Waals surface area contributed by atoms with Crippen molar-refractivity contribution in [3.8, 4) is 28.3 Å². The zero-order valence-electron chi connectivity index (χ0n) is 21.5. The zero-order chi connectivity index (χ0) is 25.8. The van der Waals surface area contributed by atoms with Gasteiger partial charge in [0.25, 0.3) is 0 Å². The van der Waals surface area contributed by atoms with Crippen LogP contribution in [0.15, 0.2) is 71.4 Å². The van der Waals surface area contributed by atoms with Crippen LogP contribution in [0.2, 0.25) is 0 Å². The number of carbonyl (C=O) groups excluding carboxylic acids is 1. The molecular formula is C30H32N2O5. The van der Waals surface area contributed by atoms with Gasteiger partial charge in [0.15, 0.2) is 0 Å². The molecular weight excluding hydrogens is 468 g/mol. The summed E-state index contributed by atoms with van der Waals surface area (Å²) in [5, 5.41) is 0.754. The van der Waals surface area contributed by atoms with Crippen molar-refractivity contribution in [1.82, 2.24) is 9.97 Å². The Bertz CT molecular complexity index is 1350. The molecule has 7 nitrogen and oxygen atoms in total. The summed E-state index contributed by atoms with van der Waals surface area (Å²) in [6.45, 7) is 5.48. The molecule has 7 heteroatoms. The molecule has 0 N–H and O–H groups in total. The fourth-order valence-corrected chi connectivity index (χ4v) is 4.74. The summed E-state index contributed by atoms with van der Waals surface area (Å²) in [7, 11) is 0. The fraction of sp³-hybridized carbons (Fsp3) is 0.367. The Kier molecular flexibility index (Phi) is 7.24. The topological polar surface area (TPSA) is 83.7 Å². The Morgan fingerprint density at radius 2 is 1.62 bits per heavy atom. The minimum Gasteiger partial charge on any atom is -0.474 e. The third-order valence-electron chi connectivity index (χ3n) is 6.27. The number of nitrogens with zero attached hydrogens (tertiary/aromatic N) is 2. The van der Waals surface area contributed by atoms with E-state index in [1.165, 1.54) is 6.33 Å². The molecule has 1 aliphatic carbocycles. The molecule has 0 aliphatic heterocycles. The van der Waals surface area contributed by atoms with Crippen LogP contribution in [-0.2, 0) is 14.3 Å². The van der Waals surface area contributed by atoms with E-state index >= 15 is 0 Å². The minimum atomic E-state index is -0.531. The number of benzene rings is 2. The zero-order valence-corrected chi connectivity index (χ0v) is 21.5. The second-order valence-corrected chi connectivity index (χ2v) is 10.3. The summed E-state index contributed by atoms with van der Waals surface area (Å²) in [6.07, 6.45) is 4.64. The van der Waals surface area contributed by atoms with Gasteiger partial charge < -0.3 is 18.6 Å². The van der Waals surface area contributed by atoms with E-state index in [1.807, 2.05) is 69.3 Å². The lowest BCUT2D eigenvalue weighted by molar-refractivity contribution is -0.163. The molecule has 2 aromatic heterocycles. The Labute approximate surface area is 216 Å². The summed E-state index contributed by atoms with van der Waals surface area (Å²) in [6, 6.07) is 20.1. The molecule has 37 heavy (non-hydrogen) atoms. The summed E-state index contributed by atoms with van der Waals surface area (Å²) < 4.78 is 24.0. The van der Waals surface area contributed by atoms with E-state index in [4.69, 9.17) is 18.6 Å². The summed E-state index contributed by atoms with van der Waals surface area (Å²) >= 11 is 0. The first-order valence-corrected chi connectivity index (χ1v) is 12.8. The van der Waals surface area contributed by atoms with Gasteiger partial charge in [-0.2, -0.15) is 0 Å². The SMILES string of the molecule is CC(C)(C)OC(=O)CO[C@H]1CCC[C@@H](Oc2ncnc3oc(-c4ccccc4)c(-c4ccccc4)c23)C1. The van der Waals surface area contributed by atoms with E-state index in [2.05, 4.69) is 22.1 Å². The molecule has 1 fully saturated rings. The van der Waals surface area contributed by atoms with Crippen molar-refractivity contribution in [2.24, 2.45) is 0 Å². The first-order chi connectivity index (χ1) is 17.9. The quantitative estimate of drug-likeness (QED) is 0.264. The van der Waals surface area contributed by atoms with Gasteiger partial charge in [-0.05, 0) is 45.6 Å². The Balaban J connectivity index is 1.41. The van der Waals surface area contributed by atoms with Crippen LogP contribution in [0.1, 0.15) is 46.5 Å². The maximum absolute atomic E-state index is 12.1. The largest absolute Gasteiger partial charge is 0.474 e. The monoisotopic (exact) mass is 500 g/mol. The molecule has 0 radical (unpaired) electrons. The summed E-state index contributed by atoms with van der Waals surface area (Å²) in [5.74, 6) is 0.870. The van der Waals surface area contributed by atoms with Gasteiger partial charge in [0, 0.05) is 17.5 Å². The van der Waals surface area contributed by atoms with Gasteiger partial charge in [-0.3, -0.25) is 0 Å². The van der Waals surface area contributed by atoms with Crippen molar-refractivity contribution in [3.63, 3.8) is 0 Å². The maximum Gasteiger partial charge on any atom is 0.332 e. The molecule has 0 amide bonds. The Morgan fingerprint density at radius 1 is 0.946 bits per heavy atom. The normalized spacial score (nSPS) is 18.0. The van der Waals surface area contributed by atoms with Crippen molar-refractivity contribution < 1.29 is 23.4 Å². The lowest BCUT2D eigenvalue weighted by Gasteiger charge is -2.29. The van der Waals surface area contributed by atoms with Crippen LogP contribution in [-0.4, -0.2) is 40.4 Å². The first-order valence-electron chi connectivity index (χ1n) is 12.8. The van der Waals surface area contributed by atoms with Gasteiger partial charge in [0.05, 0.1) is 6.10 Å². The summed E-state index contributed by atoms with van der Waals surface area (Å²) in [5.41, 5.74) is 2.82. The maximum atomic E-state index is 12.1. The van der Waals surface area contributed by atoms with Crippen molar-refractivity contribution in [2.45, 2.75) is 64.3 Å². The molecule has 1 saturated carbocycles. The molecule has 2 aromatic carbocycles. The predicted octanol–water partition coefficient (Wildman–Crippen LogP) is 6.61. The molecule has 1 aliphatic rings. The van der Waals surface area contributed by atoms with Crippen LogP contribution in [0, 0.1) is 0 Å². The Morgan fingerprint density at radius 3 is 2.32 bits per heavy atom. The van der Waals surface area contributed by atoms with E-state index < -0.39 is 5.60 Å². The van der Waals surface area contributed by atoms with Gasteiger partial charge in [0.1, 0.15) is 35.8 Å². The van der Waals surface area contributed by atoms with Gasteiger partial charge in [0.2, 0.25) is 11.6 Å². The van der Waals surface area contributed by atoms with Crippen LogP contribution in [0.4, 0.5) is 0 Å². The lowest BCUT2D eigenvalue weighted by Crippen LogP contribution is -2.33. The third kappa shape index (κ3) is 6.00. The number of hydrogen-bond donors (Lipinski definition) is 0. The van der Waals surface area contributed by atoms with E-state index in [0.29, 0.717) is 18.0 Å². The molecule has 4 aromatic rings. The molecule has 5 rings (SSSR count). The van der Waals surface area contributed by atoms with Crippen LogP contribution < -0.4 is 4.74 Å². The second-order valence-electron chi connectivity index (χ2n) is 10.3. The van der Waals surface area contributed by atoms with Gasteiger partial charge in [-0.15, -0.1) is 0 Å². The van der Waals surface area contributed by atoms with E-state index in [9.17, 15) is 4.79 Å². The first kappa shape index (κ1) is 25.0. The molecule has 0 saturated heterocycles. The molecule has 2 atom stereocenters. The third-order valence-corrected chi connectivity index (χ3v) is 6.27. The minimum absolute atomic E-state index is 0.0628. The lowest BCUT2D eigenvalue weighted by atomic mass is 9.94. The highest BCUT2D eigenvalue weighted by atomic mass is 16.6. The van der Waals surface area contributed by atoms with E-state index in [1.54, 1.807) is 0 Å². The van der Waals surface area contributed by atoms with Crippen LogP contribution in [0.5, 0.6) is 5.88 Å². The number of ether oxygens (including phenoxy) is 3. The van der Waals surface area contributed by atoms with Gasteiger partial charge >= 0.3 is 5.97 Å². The van der Waals surface area contributed by atoms with Crippen molar-refractivity contribution in [1.29, 1.82) is 0 Å². The average Bonchev–Trinajstić information content (AvgIpc) is 3.29. The average molecular weight is 501 g/mol. The molecule has 2 heterocycles. The number of fused-ring (bicyclic) bond motifs is 1. The van der Waals surface area contributed by atoms with E-state index in [0.717, 1.165) is 47.1 Å². The number of esters is 1. The van der Waals surface area contributed by atoms with Crippen LogP contribution in [0.25, 0.3) is 33.6 Å². The second kappa shape index (κ2) is 10.7. The summed E-state index contributed by atoms with van der Waals surface area (Å²) in [4.78, 5) is 21.1. The highest BCUT2D eigenvalue weighted by Crippen LogP contribution is 2.43. The number of carbonyl (C=O) groups is 1. The fourth-order valence-electron chi connectivity index (χ4n) is 4.74. The van der Waals surface area contributed by atoms with Crippen molar-refractivity contribution >= 4 is 17.1 Å². The van der Waals surface area contributed by atoms with Gasteiger partial charge in [-0.1, -0.05) is 60.7 Å². The van der Waals surface area contributed by atoms with E-state index in [-0.39, 0.29) is 24.8 Å². The molecule has 0 spiro atoms. The smallest absolute Gasteiger partial charge is 0.332 e. The number of rotatable bonds is 7. The highest BCUT2D eigenvalue weighted by Gasteiger charge is 2.29. The van der Waals surface area contributed by atoms with Crippen molar-refractivity contribution in [3.05, 3.63) is 67.0 Å². The Hall–Kier alpha value is -3.71. The number of furan rings is 1. The number of hydrogen-bond acceptors (Lipinski definition) is 7. The predicted molar refractivity (Wildman–Crippen MR) is 141 cm³/mol. The highest BCUT2D eigenvalue weighted by molar-refractivity contribution is 6.03. The van der Waals surface area contributed by atoms with Gasteiger partial charge in [-0.25, -0.2) is 14.8 Å². The molecule has 0 bridgehead atoms. The van der Waals surface area contributed by atoms with Crippen LogP contribution in [0.3, 0.4) is 0 Å². The number of aromatic nitrogens is 2. The molecule has 192 valence electrons. The standard InChI is InChI=1S/C30H32N2O5/c1-30(2,3)37-24(33)18-34-22-15-10-16-23(17-22)35-28-26-25(20-11-6-4-7-12-20)27(21-13-8-5-9-14-21)36-29(26)32-19-31-28/h4-9,11-14,19,22-23H,10,15-18H2,1-3H3/t22-,23+/m0/s1.